The van der Waals surface area contributed by atoms with Crippen LogP contribution < -0.4 is 4.72 Å². The number of anilines is 1. The largest absolute Gasteiger partial charge is 0.466 e. The van der Waals surface area contributed by atoms with E-state index in [9.17, 15) is 13.2 Å². The Kier molecular flexibility index (Phi) is 6.39. The number of benzene rings is 2. The third-order valence-electron chi connectivity index (χ3n) is 2.96. The molecule has 0 aliphatic rings. The molecule has 0 unspecified atom stereocenters. The van der Waals surface area contributed by atoms with Crippen LogP contribution >= 0.6 is 15.9 Å². The lowest BCUT2D eigenvalue weighted by Gasteiger charge is -2.08. The van der Waals surface area contributed by atoms with Crippen molar-refractivity contribution in [2.45, 2.75) is 4.90 Å². The van der Waals surface area contributed by atoms with Crippen LogP contribution in [0.5, 0.6) is 0 Å². The molecule has 5 nitrogen and oxygen atoms in total. The zero-order chi connectivity index (χ0) is 18.3. The summed E-state index contributed by atoms with van der Waals surface area (Å²) in [6.45, 7) is 0. The van der Waals surface area contributed by atoms with Crippen molar-refractivity contribution in [3.05, 3.63) is 70.7 Å². The molecule has 0 radical (unpaired) electrons. The van der Waals surface area contributed by atoms with Gasteiger partial charge in [0.15, 0.2) is 0 Å². The lowest BCUT2D eigenvalue weighted by Crippen LogP contribution is -2.12. The van der Waals surface area contributed by atoms with Gasteiger partial charge in [-0.15, -0.1) is 0 Å². The van der Waals surface area contributed by atoms with E-state index in [0.717, 1.165) is 4.47 Å². The quantitative estimate of drug-likeness (QED) is 0.468. The number of hydrogen-bond acceptors (Lipinski definition) is 4. The van der Waals surface area contributed by atoms with Crippen LogP contribution in [0.1, 0.15) is 5.56 Å². The van der Waals surface area contributed by atoms with E-state index in [1.807, 2.05) is 0 Å². The Morgan fingerprint density at radius 3 is 2.60 bits per heavy atom. The van der Waals surface area contributed by atoms with Crippen molar-refractivity contribution < 1.29 is 17.9 Å². The molecule has 2 aromatic carbocycles. The first-order valence-electron chi connectivity index (χ1n) is 7.05. The first-order chi connectivity index (χ1) is 11.9. The highest BCUT2D eigenvalue weighted by Gasteiger charge is 2.13. The molecule has 2 rings (SSSR count). The summed E-state index contributed by atoms with van der Waals surface area (Å²) in [4.78, 5) is 11.1. The van der Waals surface area contributed by atoms with Crippen LogP contribution in [0.25, 0.3) is 0 Å². The zero-order valence-corrected chi connectivity index (χ0v) is 15.6. The van der Waals surface area contributed by atoms with Gasteiger partial charge in [-0.1, -0.05) is 33.8 Å². The van der Waals surface area contributed by atoms with Crippen LogP contribution in [0.4, 0.5) is 5.69 Å². The van der Waals surface area contributed by atoms with E-state index >= 15 is 0 Å². The van der Waals surface area contributed by atoms with Crippen molar-refractivity contribution in [2.24, 2.45) is 0 Å². The molecule has 128 valence electrons. The molecule has 0 bridgehead atoms. The molecular weight excluding hydrogens is 406 g/mol. The Labute approximate surface area is 154 Å². The number of ether oxygens (including phenoxy) is 1. The van der Waals surface area contributed by atoms with Gasteiger partial charge in [-0.05, 0) is 48.5 Å². The third-order valence-corrected chi connectivity index (χ3v) is 4.89. The summed E-state index contributed by atoms with van der Waals surface area (Å²) in [5.74, 6) is 5.00. The number of carbonyl (C=O) groups is 1. The lowest BCUT2D eigenvalue weighted by molar-refractivity contribution is -0.134. The Morgan fingerprint density at radius 1 is 1.20 bits per heavy atom. The van der Waals surface area contributed by atoms with Gasteiger partial charge in [0.1, 0.15) is 0 Å². The van der Waals surface area contributed by atoms with Gasteiger partial charge in [-0.2, -0.15) is 0 Å². The summed E-state index contributed by atoms with van der Waals surface area (Å²) in [7, 11) is -2.40. The van der Waals surface area contributed by atoms with Crippen LogP contribution in [-0.2, 0) is 19.6 Å². The Hall–Kier alpha value is -2.56. The first kappa shape index (κ1) is 18.8. The molecule has 0 atom stereocenters. The van der Waals surface area contributed by atoms with Crippen LogP contribution in [0, 0.1) is 11.8 Å². The van der Waals surface area contributed by atoms with Gasteiger partial charge in [0.05, 0.1) is 17.7 Å². The summed E-state index contributed by atoms with van der Waals surface area (Å²) in [6, 6.07) is 13.0. The van der Waals surface area contributed by atoms with Gasteiger partial charge >= 0.3 is 5.97 Å². The molecule has 0 heterocycles. The minimum absolute atomic E-state index is 0.160. The fraction of sp³-hybridized carbons (Fsp3) is 0.0556. The normalized spacial score (nSPS) is 10.8. The maximum absolute atomic E-state index is 12.4. The number of esters is 1. The second kappa shape index (κ2) is 8.51. The van der Waals surface area contributed by atoms with Gasteiger partial charge in [0, 0.05) is 16.1 Å². The summed E-state index contributed by atoms with van der Waals surface area (Å²) in [5, 5.41) is 0. The molecule has 25 heavy (non-hydrogen) atoms. The number of nitrogens with one attached hydrogen (secondary N) is 1. The van der Waals surface area contributed by atoms with Gasteiger partial charge in [-0.25, -0.2) is 13.2 Å². The zero-order valence-electron chi connectivity index (χ0n) is 13.2. The Bertz CT molecular complexity index is 955. The van der Waals surface area contributed by atoms with Gasteiger partial charge in [0.2, 0.25) is 0 Å². The van der Waals surface area contributed by atoms with E-state index in [0.29, 0.717) is 11.3 Å². The molecule has 0 aliphatic carbocycles. The smallest absolute Gasteiger partial charge is 0.331 e. The highest BCUT2D eigenvalue weighted by atomic mass is 79.9. The van der Waals surface area contributed by atoms with Crippen molar-refractivity contribution in [1.82, 2.24) is 0 Å². The molecule has 0 aliphatic heterocycles. The van der Waals surface area contributed by atoms with Crippen molar-refractivity contribution in [3.8, 4) is 11.8 Å². The number of hydrogen-bond donors (Lipinski definition) is 1. The number of sulfonamides is 1. The lowest BCUT2D eigenvalue weighted by atomic mass is 10.2. The standard InChI is InChI=1S/C18H14BrNO4S/c1-24-18(21)8-3-2-5-14-6-4-7-16(13-14)20-25(22,23)17-11-9-15(19)10-12-17/h3-4,6-13,20H,1H3/b8-3+. The van der Waals surface area contributed by atoms with Gasteiger partial charge in [0.25, 0.3) is 10.0 Å². The van der Waals surface area contributed by atoms with Crippen molar-refractivity contribution in [2.75, 3.05) is 11.8 Å². The average molecular weight is 420 g/mol. The topological polar surface area (TPSA) is 72.5 Å². The van der Waals surface area contributed by atoms with Crippen LogP contribution in [-0.4, -0.2) is 21.5 Å². The molecule has 0 aromatic heterocycles. The van der Waals surface area contributed by atoms with Crippen LogP contribution in [0.2, 0.25) is 0 Å². The Morgan fingerprint density at radius 2 is 1.92 bits per heavy atom. The fourth-order valence-electron chi connectivity index (χ4n) is 1.79. The maximum atomic E-state index is 12.4. The predicted molar refractivity (Wildman–Crippen MR) is 99.4 cm³/mol. The van der Waals surface area contributed by atoms with Crippen molar-refractivity contribution >= 4 is 37.6 Å². The third kappa shape index (κ3) is 5.78. The highest BCUT2D eigenvalue weighted by Crippen LogP contribution is 2.19. The van der Waals surface area contributed by atoms with E-state index < -0.39 is 16.0 Å². The molecule has 0 saturated carbocycles. The second-order valence-electron chi connectivity index (χ2n) is 4.77. The SMILES string of the molecule is COC(=O)/C=C/C#Cc1cccc(NS(=O)(=O)c2ccc(Br)cc2)c1. The molecule has 0 fully saturated rings. The second-order valence-corrected chi connectivity index (χ2v) is 7.36. The minimum Gasteiger partial charge on any atom is -0.466 e. The molecule has 7 heteroatoms. The van der Waals surface area contributed by atoms with E-state index in [1.165, 1.54) is 31.4 Å². The van der Waals surface area contributed by atoms with E-state index in [2.05, 4.69) is 37.2 Å². The maximum Gasteiger partial charge on any atom is 0.331 e. The summed E-state index contributed by atoms with van der Waals surface area (Å²) in [5.41, 5.74) is 0.997. The Balaban J connectivity index is 2.16. The summed E-state index contributed by atoms with van der Waals surface area (Å²) >= 11 is 3.27. The minimum atomic E-state index is -3.68. The predicted octanol–water partition coefficient (Wildman–Crippen LogP) is 3.33. The van der Waals surface area contributed by atoms with Crippen LogP contribution in [0.15, 0.2) is 70.1 Å². The first-order valence-corrected chi connectivity index (χ1v) is 9.33. The monoisotopic (exact) mass is 419 g/mol. The van der Waals surface area contributed by atoms with Crippen molar-refractivity contribution in [3.63, 3.8) is 0 Å². The fourth-order valence-corrected chi connectivity index (χ4v) is 3.10. The number of carbonyl (C=O) groups excluding carboxylic acids is 1. The van der Waals surface area contributed by atoms with Gasteiger partial charge in [-0.3, -0.25) is 4.72 Å². The highest BCUT2D eigenvalue weighted by molar-refractivity contribution is 9.10. The number of rotatable bonds is 4. The van der Waals surface area contributed by atoms with E-state index in [-0.39, 0.29) is 4.90 Å². The molecular formula is C18H14BrNO4S. The van der Waals surface area contributed by atoms with Crippen molar-refractivity contribution in [1.29, 1.82) is 0 Å². The average Bonchev–Trinajstić information content (AvgIpc) is 2.59. The number of allylic oxidation sites excluding steroid dienone is 1. The molecule has 2 aromatic rings. The van der Waals surface area contributed by atoms with E-state index in [1.54, 1.807) is 36.4 Å². The molecule has 1 N–H and O–H groups in total. The number of methoxy groups -OCH3 is 1. The van der Waals surface area contributed by atoms with Gasteiger partial charge < -0.3 is 4.74 Å². The summed E-state index contributed by atoms with van der Waals surface area (Å²) < 4.78 is 32.5. The molecule has 0 amide bonds. The van der Waals surface area contributed by atoms with Crippen LogP contribution in [0.3, 0.4) is 0 Å². The summed E-state index contributed by atoms with van der Waals surface area (Å²) in [6.07, 6.45) is 2.57. The van der Waals surface area contributed by atoms with E-state index in [4.69, 9.17) is 0 Å². The molecule has 0 saturated heterocycles. The molecule has 0 spiro atoms. The number of halogens is 1.